The molecular weight excluding hydrogens is 275 g/mol. The molecule has 8 heteroatoms. The molecule has 0 radical (unpaired) electrons. The molecule has 1 aromatic heterocycles. The van der Waals surface area contributed by atoms with Crippen LogP contribution in [0, 0.1) is 5.82 Å². The van der Waals surface area contributed by atoms with Crippen LogP contribution in [0.25, 0.3) is 0 Å². The van der Waals surface area contributed by atoms with Gasteiger partial charge in [-0.25, -0.2) is 9.49 Å². The van der Waals surface area contributed by atoms with Crippen molar-refractivity contribution >= 4 is 23.5 Å². The highest BCUT2D eigenvalue weighted by Crippen LogP contribution is 2.18. The number of halogens is 2. The van der Waals surface area contributed by atoms with Gasteiger partial charge in [0.2, 0.25) is 5.95 Å². The van der Waals surface area contributed by atoms with E-state index >= 15 is 0 Å². The molecule has 19 heavy (non-hydrogen) atoms. The standard InChI is InChI=1S/C11H10ClFN4O2/c1-2-19-11-15-10(16-17-11)14-9(18)7-4-3-6(13)5-8(7)12/h3-5H,2H2,1H3,(H2,14,15,16,17,18). The Hall–Kier alpha value is -2.15. The van der Waals surface area contributed by atoms with Crippen molar-refractivity contribution in [3.8, 4) is 6.01 Å². The van der Waals surface area contributed by atoms with Crippen LogP contribution in [-0.4, -0.2) is 27.7 Å². The fourth-order valence-corrected chi connectivity index (χ4v) is 1.60. The Morgan fingerprint density at radius 2 is 2.37 bits per heavy atom. The first-order valence-corrected chi connectivity index (χ1v) is 5.79. The second-order valence-corrected chi connectivity index (χ2v) is 3.89. The van der Waals surface area contributed by atoms with E-state index in [0.29, 0.717) is 6.61 Å². The van der Waals surface area contributed by atoms with E-state index in [1.165, 1.54) is 6.07 Å². The van der Waals surface area contributed by atoms with E-state index in [0.717, 1.165) is 12.1 Å². The normalized spacial score (nSPS) is 10.3. The van der Waals surface area contributed by atoms with Crippen molar-refractivity contribution in [2.75, 3.05) is 11.9 Å². The number of benzene rings is 1. The minimum atomic E-state index is -0.524. The monoisotopic (exact) mass is 284 g/mol. The molecule has 0 saturated heterocycles. The Labute approximate surface area is 112 Å². The molecule has 2 aromatic rings. The summed E-state index contributed by atoms with van der Waals surface area (Å²) in [6.45, 7) is 2.20. The topological polar surface area (TPSA) is 79.9 Å². The highest BCUT2D eigenvalue weighted by atomic mass is 35.5. The van der Waals surface area contributed by atoms with E-state index in [1.54, 1.807) is 6.92 Å². The van der Waals surface area contributed by atoms with Gasteiger partial charge in [0.15, 0.2) is 0 Å². The lowest BCUT2D eigenvalue weighted by atomic mass is 10.2. The molecule has 2 N–H and O–H groups in total. The summed E-state index contributed by atoms with van der Waals surface area (Å²) < 4.78 is 17.9. The highest BCUT2D eigenvalue weighted by molar-refractivity contribution is 6.34. The predicted molar refractivity (Wildman–Crippen MR) is 66.9 cm³/mol. The third kappa shape index (κ3) is 3.19. The van der Waals surface area contributed by atoms with Crippen LogP contribution in [0.1, 0.15) is 17.3 Å². The molecule has 1 heterocycles. The van der Waals surface area contributed by atoms with Crippen molar-refractivity contribution in [1.82, 2.24) is 15.2 Å². The third-order valence-electron chi connectivity index (χ3n) is 2.15. The molecule has 0 saturated carbocycles. The van der Waals surface area contributed by atoms with Crippen LogP contribution < -0.4 is 10.1 Å². The molecule has 0 aliphatic heterocycles. The molecular formula is C11H10ClFN4O2. The lowest BCUT2D eigenvalue weighted by molar-refractivity contribution is 0.102. The van der Waals surface area contributed by atoms with Gasteiger partial charge < -0.3 is 4.74 Å². The number of ether oxygens (including phenoxy) is 1. The van der Waals surface area contributed by atoms with Crippen LogP contribution in [-0.2, 0) is 0 Å². The quantitative estimate of drug-likeness (QED) is 0.902. The van der Waals surface area contributed by atoms with Crippen molar-refractivity contribution in [3.63, 3.8) is 0 Å². The number of hydrogen-bond donors (Lipinski definition) is 2. The number of anilines is 1. The Morgan fingerprint density at radius 3 is 3.05 bits per heavy atom. The fraction of sp³-hybridized carbons (Fsp3) is 0.182. The third-order valence-corrected chi connectivity index (χ3v) is 2.46. The van der Waals surface area contributed by atoms with Gasteiger partial charge in [-0.3, -0.25) is 10.1 Å². The number of rotatable bonds is 4. The van der Waals surface area contributed by atoms with Crippen molar-refractivity contribution < 1.29 is 13.9 Å². The van der Waals surface area contributed by atoms with Crippen molar-refractivity contribution in [1.29, 1.82) is 0 Å². The first-order chi connectivity index (χ1) is 9.10. The molecule has 0 aliphatic carbocycles. The number of amides is 1. The van der Waals surface area contributed by atoms with E-state index in [1.807, 2.05) is 0 Å². The molecule has 100 valence electrons. The predicted octanol–water partition coefficient (Wildman–Crippen LogP) is 2.25. The zero-order valence-corrected chi connectivity index (χ0v) is 10.7. The van der Waals surface area contributed by atoms with Crippen molar-refractivity contribution in [2.24, 2.45) is 0 Å². The summed E-state index contributed by atoms with van der Waals surface area (Å²) in [4.78, 5) is 15.7. The van der Waals surface area contributed by atoms with E-state index in [9.17, 15) is 9.18 Å². The van der Waals surface area contributed by atoms with Gasteiger partial charge in [0.1, 0.15) is 5.82 Å². The fourth-order valence-electron chi connectivity index (χ4n) is 1.34. The highest BCUT2D eigenvalue weighted by Gasteiger charge is 2.13. The summed E-state index contributed by atoms with van der Waals surface area (Å²) in [5.41, 5.74) is 0.137. The summed E-state index contributed by atoms with van der Waals surface area (Å²) in [6.07, 6.45) is 0. The van der Waals surface area contributed by atoms with Gasteiger partial charge in [0, 0.05) is 0 Å². The van der Waals surface area contributed by atoms with Gasteiger partial charge in [0.05, 0.1) is 17.2 Å². The first kappa shape index (κ1) is 13.3. The van der Waals surface area contributed by atoms with Crippen LogP contribution in [0.2, 0.25) is 5.02 Å². The van der Waals surface area contributed by atoms with E-state index in [-0.39, 0.29) is 22.5 Å². The number of aromatic amines is 1. The van der Waals surface area contributed by atoms with Gasteiger partial charge in [-0.2, -0.15) is 4.98 Å². The number of carbonyl (C=O) groups is 1. The van der Waals surface area contributed by atoms with Crippen molar-refractivity contribution in [2.45, 2.75) is 6.92 Å². The molecule has 0 bridgehead atoms. The molecule has 0 fully saturated rings. The summed E-state index contributed by atoms with van der Waals surface area (Å²) in [6, 6.07) is 3.62. The van der Waals surface area contributed by atoms with Crippen LogP contribution >= 0.6 is 11.6 Å². The van der Waals surface area contributed by atoms with Gasteiger partial charge in [0.25, 0.3) is 5.91 Å². The number of nitrogens with zero attached hydrogens (tertiary/aromatic N) is 2. The number of hydrogen-bond acceptors (Lipinski definition) is 4. The average molecular weight is 285 g/mol. The molecule has 0 unspecified atom stereocenters. The average Bonchev–Trinajstić information content (AvgIpc) is 2.76. The number of aromatic nitrogens is 3. The van der Waals surface area contributed by atoms with Gasteiger partial charge in [-0.15, -0.1) is 5.10 Å². The summed E-state index contributed by atoms with van der Waals surface area (Å²) >= 11 is 5.77. The summed E-state index contributed by atoms with van der Waals surface area (Å²) in [5.74, 6) is -0.919. The van der Waals surface area contributed by atoms with E-state index in [2.05, 4.69) is 20.5 Å². The SMILES string of the molecule is CCOc1n[nH]c(NC(=O)c2ccc(F)cc2Cl)n1. The van der Waals surface area contributed by atoms with Crippen LogP contribution in [0.3, 0.4) is 0 Å². The zero-order chi connectivity index (χ0) is 13.8. The van der Waals surface area contributed by atoms with E-state index < -0.39 is 11.7 Å². The Balaban J connectivity index is 2.11. The lowest BCUT2D eigenvalue weighted by Gasteiger charge is -2.03. The number of nitrogens with one attached hydrogen (secondary N) is 2. The van der Waals surface area contributed by atoms with Crippen LogP contribution in [0.15, 0.2) is 18.2 Å². The molecule has 0 aliphatic rings. The number of H-pyrrole nitrogens is 1. The Bertz CT molecular complexity index is 602. The minimum absolute atomic E-state index is 0.0158. The second kappa shape index (κ2) is 5.66. The minimum Gasteiger partial charge on any atom is -0.463 e. The van der Waals surface area contributed by atoms with Gasteiger partial charge in [-0.1, -0.05) is 11.6 Å². The summed E-state index contributed by atoms with van der Waals surface area (Å²) in [5, 5.41) is 8.67. The lowest BCUT2D eigenvalue weighted by Crippen LogP contribution is -2.13. The molecule has 6 nitrogen and oxygen atoms in total. The van der Waals surface area contributed by atoms with Crippen molar-refractivity contribution in [3.05, 3.63) is 34.6 Å². The molecule has 0 atom stereocenters. The Kier molecular flexibility index (Phi) is 3.96. The number of carbonyl (C=O) groups excluding carboxylic acids is 1. The first-order valence-electron chi connectivity index (χ1n) is 5.41. The summed E-state index contributed by atoms with van der Waals surface area (Å²) in [7, 11) is 0. The van der Waals surface area contributed by atoms with Gasteiger partial charge >= 0.3 is 6.01 Å². The maximum absolute atomic E-state index is 12.9. The molecule has 1 aromatic carbocycles. The zero-order valence-electron chi connectivity index (χ0n) is 9.91. The Morgan fingerprint density at radius 1 is 1.58 bits per heavy atom. The van der Waals surface area contributed by atoms with E-state index in [4.69, 9.17) is 16.3 Å². The second-order valence-electron chi connectivity index (χ2n) is 3.48. The smallest absolute Gasteiger partial charge is 0.337 e. The van der Waals surface area contributed by atoms with Crippen LogP contribution in [0.4, 0.5) is 10.3 Å². The largest absolute Gasteiger partial charge is 0.463 e. The maximum Gasteiger partial charge on any atom is 0.337 e. The maximum atomic E-state index is 12.9. The molecule has 0 spiro atoms. The molecule has 2 rings (SSSR count). The van der Waals surface area contributed by atoms with Gasteiger partial charge in [-0.05, 0) is 25.1 Å². The van der Waals surface area contributed by atoms with Crippen LogP contribution in [0.5, 0.6) is 6.01 Å². The molecule has 1 amide bonds.